The average molecular weight is 335 g/mol. The summed E-state index contributed by atoms with van der Waals surface area (Å²) in [5.74, 6) is 1.26. The molecule has 1 heterocycles. The van der Waals surface area contributed by atoms with Gasteiger partial charge in [-0.25, -0.2) is 9.97 Å². The highest BCUT2D eigenvalue weighted by molar-refractivity contribution is 5.91. The Balaban J connectivity index is 1.56. The van der Waals surface area contributed by atoms with E-state index in [1.807, 2.05) is 54.6 Å². The predicted molar refractivity (Wildman–Crippen MR) is 93.9 cm³/mol. The quantitative estimate of drug-likeness (QED) is 0.747. The first-order valence-corrected chi connectivity index (χ1v) is 7.70. The van der Waals surface area contributed by atoms with Crippen molar-refractivity contribution in [1.82, 2.24) is 9.97 Å². The first-order valence-electron chi connectivity index (χ1n) is 7.70. The summed E-state index contributed by atoms with van der Waals surface area (Å²) < 4.78 is 10.6. The second-order valence-corrected chi connectivity index (χ2v) is 5.24. The Morgan fingerprint density at radius 3 is 2.28 bits per heavy atom. The molecule has 0 aliphatic heterocycles. The fourth-order valence-corrected chi connectivity index (χ4v) is 2.16. The maximum atomic E-state index is 12.1. The van der Waals surface area contributed by atoms with Crippen molar-refractivity contribution in [1.29, 1.82) is 0 Å². The lowest BCUT2D eigenvalue weighted by molar-refractivity contribution is -0.115. The van der Waals surface area contributed by atoms with Crippen LogP contribution in [-0.4, -0.2) is 23.0 Å². The van der Waals surface area contributed by atoms with Crippen LogP contribution in [0.3, 0.4) is 0 Å². The third-order valence-corrected chi connectivity index (χ3v) is 3.39. The van der Waals surface area contributed by atoms with E-state index in [4.69, 9.17) is 9.47 Å². The van der Waals surface area contributed by atoms with E-state index in [1.54, 1.807) is 7.11 Å². The molecule has 0 aliphatic carbocycles. The van der Waals surface area contributed by atoms with Crippen molar-refractivity contribution in [2.24, 2.45) is 0 Å². The SMILES string of the molecule is COc1ccc(CC(=O)Nc2cnc(Oc3ccccc3)nc2)cc1. The van der Waals surface area contributed by atoms with Crippen LogP contribution in [0, 0.1) is 0 Å². The number of para-hydroxylation sites is 1. The molecular weight excluding hydrogens is 318 g/mol. The van der Waals surface area contributed by atoms with Crippen molar-refractivity contribution in [2.45, 2.75) is 6.42 Å². The summed E-state index contributed by atoms with van der Waals surface area (Å²) in [6.07, 6.45) is 3.28. The molecule has 0 atom stereocenters. The van der Waals surface area contributed by atoms with Crippen molar-refractivity contribution < 1.29 is 14.3 Å². The molecular formula is C19H17N3O3. The average Bonchev–Trinajstić information content (AvgIpc) is 2.65. The number of carbonyl (C=O) groups is 1. The standard InChI is InChI=1S/C19H17N3O3/c1-24-16-9-7-14(8-10-16)11-18(23)22-15-12-20-19(21-13-15)25-17-5-3-2-4-6-17/h2-10,12-13H,11H2,1H3,(H,22,23). The molecule has 0 aliphatic rings. The van der Waals surface area contributed by atoms with Crippen LogP contribution in [0.5, 0.6) is 17.5 Å². The molecule has 3 aromatic rings. The second-order valence-electron chi connectivity index (χ2n) is 5.24. The summed E-state index contributed by atoms with van der Waals surface area (Å²) in [5, 5.41) is 2.76. The lowest BCUT2D eigenvalue weighted by atomic mass is 10.1. The van der Waals surface area contributed by atoms with Gasteiger partial charge in [-0.3, -0.25) is 4.79 Å². The van der Waals surface area contributed by atoms with Gasteiger partial charge in [-0.1, -0.05) is 30.3 Å². The molecule has 1 aromatic heterocycles. The first-order chi connectivity index (χ1) is 12.2. The van der Waals surface area contributed by atoms with E-state index < -0.39 is 0 Å². The highest BCUT2D eigenvalue weighted by Gasteiger charge is 2.06. The number of methoxy groups -OCH3 is 1. The van der Waals surface area contributed by atoms with E-state index in [-0.39, 0.29) is 18.3 Å². The Hall–Kier alpha value is -3.41. The topological polar surface area (TPSA) is 73.3 Å². The van der Waals surface area contributed by atoms with Crippen LogP contribution in [0.1, 0.15) is 5.56 Å². The predicted octanol–water partition coefficient (Wildman–Crippen LogP) is 3.46. The number of aromatic nitrogens is 2. The number of ether oxygens (including phenoxy) is 2. The molecule has 1 N–H and O–H groups in total. The summed E-state index contributed by atoms with van der Waals surface area (Å²) in [5.41, 5.74) is 1.40. The third kappa shape index (κ3) is 4.78. The van der Waals surface area contributed by atoms with Gasteiger partial charge >= 0.3 is 6.01 Å². The molecule has 2 aromatic carbocycles. The van der Waals surface area contributed by atoms with Crippen molar-refractivity contribution in [2.75, 3.05) is 12.4 Å². The van der Waals surface area contributed by atoms with Crippen molar-refractivity contribution in [3.8, 4) is 17.5 Å². The van der Waals surface area contributed by atoms with Crippen LogP contribution in [0.15, 0.2) is 67.0 Å². The highest BCUT2D eigenvalue weighted by Crippen LogP contribution is 2.17. The van der Waals surface area contributed by atoms with Crippen molar-refractivity contribution in [3.05, 3.63) is 72.6 Å². The Labute approximate surface area is 145 Å². The Morgan fingerprint density at radius 2 is 1.64 bits per heavy atom. The second kappa shape index (κ2) is 7.92. The van der Waals surface area contributed by atoms with E-state index >= 15 is 0 Å². The minimum atomic E-state index is -0.148. The molecule has 6 nitrogen and oxygen atoms in total. The van der Waals surface area contributed by atoms with Gasteiger partial charge in [0, 0.05) is 0 Å². The molecule has 0 fully saturated rings. The number of hydrogen-bond donors (Lipinski definition) is 1. The van der Waals surface area contributed by atoms with Gasteiger partial charge in [-0.15, -0.1) is 0 Å². The van der Waals surface area contributed by atoms with Crippen molar-refractivity contribution >= 4 is 11.6 Å². The summed E-state index contributed by atoms with van der Waals surface area (Å²) >= 11 is 0. The summed E-state index contributed by atoms with van der Waals surface area (Å²) in [6.45, 7) is 0. The minimum absolute atomic E-state index is 0.148. The molecule has 6 heteroatoms. The largest absolute Gasteiger partial charge is 0.497 e. The van der Waals surface area contributed by atoms with E-state index in [2.05, 4.69) is 15.3 Å². The zero-order valence-corrected chi connectivity index (χ0v) is 13.7. The normalized spacial score (nSPS) is 10.1. The van der Waals surface area contributed by atoms with Crippen LogP contribution in [0.25, 0.3) is 0 Å². The van der Waals surface area contributed by atoms with Gasteiger partial charge < -0.3 is 14.8 Å². The van der Waals surface area contributed by atoms with Gasteiger partial charge in [0.25, 0.3) is 0 Å². The summed E-state index contributed by atoms with van der Waals surface area (Å²) in [6, 6.07) is 16.8. The number of carbonyl (C=O) groups excluding carboxylic acids is 1. The molecule has 0 spiro atoms. The zero-order chi connectivity index (χ0) is 17.5. The van der Waals surface area contributed by atoms with E-state index in [0.717, 1.165) is 11.3 Å². The maximum Gasteiger partial charge on any atom is 0.322 e. The van der Waals surface area contributed by atoms with Crippen molar-refractivity contribution in [3.63, 3.8) is 0 Å². The summed E-state index contributed by atoms with van der Waals surface area (Å²) in [4.78, 5) is 20.3. The smallest absolute Gasteiger partial charge is 0.322 e. The van der Waals surface area contributed by atoms with Gasteiger partial charge in [-0.2, -0.15) is 0 Å². The van der Waals surface area contributed by atoms with Crippen LogP contribution < -0.4 is 14.8 Å². The Bertz CT molecular complexity index is 819. The lowest BCUT2D eigenvalue weighted by Crippen LogP contribution is -2.14. The number of amides is 1. The highest BCUT2D eigenvalue weighted by atomic mass is 16.5. The molecule has 1 amide bonds. The molecule has 0 saturated carbocycles. The summed E-state index contributed by atoms with van der Waals surface area (Å²) in [7, 11) is 1.60. The molecule has 0 unspecified atom stereocenters. The van der Waals surface area contributed by atoms with Crippen LogP contribution >= 0.6 is 0 Å². The van der Waals surface area contributed by atoms with Gasteiger partial charge in [0.05, 0.1) is 31.6 Å². The maximum absolute atomic E-state index is 12.1. The fraction of sp³-hybridized carbons (Fsp3) is 0.105. The molecule has 3 rings (SSSR count). The number of benzene rings is 2. The van der Waals surface area contributed by atoms with Gasteiger partial charge in [-0.05, 0) is 29.8 Å². The van der Waals surface area contributed by atoms with E-state index in [1.165, 1.54) is 12.4 Å². The Morgan fingerprint density at radius 1 is 0.960 bits per heavy atom. The molecule has 25 heavy (non-hydrogen) atoms. The fourth-order valence-electron chi connectivity index (χ4n) is 2.16. The van der Waals surface area contributed by atoms with Crippen LogP contribution in [-0.2, 0) is 11.2 Å². The van der Waals surface area contributed by atoms with Gasteiger partial charge in [0.15, 0.2) is 0 Å². The number of rotatable bonds is 6. The van der Waals surface area contributed by atoms with E-state index in [9.17, 15) is 4.79 Å². The number of hydrogen-bond acceptors (Lipinski definition) is 5. The molecule has 126 valence electrons. The van der Waals surface area contributed by atoms with Crippen LogP contribution in [0.4, 0.5) is 5.69 Å². The zero-order valence-electron chi connectivity index (χ0n) is 13.7. The van der Waals surface area contributed by atoms with Gasteiger partial charge in [0.1, 0.15) is 11.5 Å². The monoisotopic (exact) mass is 335 g/mol. The van der Waals surface area contributed by atoms with Gasteiger partial charge in [0.2, 0.25) is 5.91 Å². The minimum Gasteiger partial charge on any atom is -0.497 e. The van der Waals surface area contributed by atoms with Crippen LogP contribution in [0.2, 0.25) is 0 Å². The third-order valence-electron chi connectivity index (χ3n) is 3.39. The molecule has 0 bridgehead atoms. The Kier molecular flexibility index (Phi) is 5.21. The number of nitrogens with zero attached hydrogens (tertiary/aromatic N) is 2. The molecule has 0 radical (unpaired) electrons. The number of anilines is 1. The first kappa shape index (κ1) is 16.4. The lowest BCUT2D eigenvalue weighted by Gasteiger charge is -2.07. The molecule has 0 saturated heterocycles. The number of nitrogens with one attached hydrogen (secondary N) is 1. The van der Waals surface area contributed by atoms with E-state index in [0.29, 0.717) is 11.4 Å².